The summed E-state index contributed by atoms with van der Waals surface area (Å²) in [7, 11) is 6.19. The Morgan fingerprint density at radius 1 is 1.12 bits per heavy atom. The third kappa shape index (κ3) is 3.58. The predicted molar refractivity (Wildman–Crippen MR) is 94.8 cm³/mol. The maximum Gasteiger partial charge on any atom is 0.316 e. The molecule has 142 valence electrons. The summed E-state index contributed by atoms with van der Waals surface area (Å²) in [5, 5.41) is 10.8. The molecule has 0 radical (unpaired) electrons. The molecule has 26 heavy (non-hydrogen) atoms. The first-order valence-corrected chi connectivity index (χ1v) is 8.32. The molecule has 1 fully saturated rings. The Hall–Kier alpha value is -2.41. The summed E-state index contributed by atoms with van der Waals surface area (Å²) in [5.41, 5.74) is -0.110. The van der Waals surface area contributed by atoms with Crippen LogP contribution in [0.25, 0.3) is 0 Å². The van der Waals surface area contributed by atoms with Gasteiger partial charge in [0.1, 0.15) is 5.92 Å². The standard InChI is InChI=1S/C19H25NO6/c1-19(24)10-13(21)15(17(22)25-4)14(16(19)18(23)26-5)11-6-8-12(9-7-11)20(2)3/h6-9,14-16,24H,10H2,1-5H3/t14-,15-,16+,19+/m0/s1. The number of anilines is 1. The third-order valence-corrected chi connectivity index (χ3v) is 4.97. The van der Waals surface area contributed by atoms with E-state index in [2.05, 4.69) is 0 Å². The van der Waals surface area contributed by atoms with E-state index in [0.29, 0.717) is 5.56 Å². The number of esters is 2. The average Bonchev–Trinajstić information content (AvgIpc) is 2.59. The van der Waals surface area contributed by atoms with Crippen molar-refractivity contribution in [1.29, 1.82) is 0 Å². The molecule has 4 atom stereocenters. The zero-order valence-corrected chi connectivity index (χ0v) is 15.7. The van der Waals surface area contributed by atoms with E-state index in [1.54, 1.807) is 12.1 Å². The van der Waals surface area contributed by atoms with Gasteiger partial charge in [-0.05, 0) is 24.6 Å². The minimum Gasteiger partial charge on any atom is -0.469 e. The first-order valence-electron chi connectivity index (χ1n) is 8.32. The maximum atomic E-state index is 12.6. The van der Waals surface area contributed by atoms with Crippen molar-refractivity contribution in [3.8, 4) is 0 Å². The van der Waals surface area contributed by atoms with Gasteiger partial charge in [0.25, 0.3) is 0 Å². The first kappa shape index (κ1) is 19.9. The zero-order chi connectivity index (χ0) is 19.6. The number of nitrogens with zero attached hydrogens (tertiary/aromatic N) is 1. The summed E-state index contributed by atoms with van der Waals surface area (Å²) < 4.78 is 9.67. The van der Waals surface area contributed by atoms with Gasteiger partial charge in [-0.3, -0.25) is 14.4 Å². The third-order valence-electron chi connectivity index (χ3n) is 4.97. The fourth-order valence-electron chi connectivity index (χ4n) is 3.66. The summed E-state index contributed by atoms with van der Waals surface area (Å²) in [4.78, 5) is 39.3. The van der Waals surface area contributed by atoms with Gasteiger partial charge >= 0.3 is 11.9 Å². The number of carbonyl (C=O) groups excluding carboxylic acids is 3. The van der Waals surface area contributed by atoms with Crippen molar-refractivity contribution in [3.63, 3.8) is 0 Å². The number of hydrogen-bond donors (Lipinski definition) is 1. The van der Waals surface area contributed by atoms with E-state index < -0.39 is 41.1 Å². The van der Waals surface area contributed by atoms with Gasteiger partial charge in [-0.1, -0.05) is 12.1 Å². The summed E-state index contributed by atoms with van der Waals surface area (Å²) >= 11 is 0. The summed E-state index contributed by atoms with van der Waals surface area (Å²) in [5.74, 6) is -4.96. The molecule has 7 heteroatoms. The van der Waals surface area contributed by atoms with Crippen LogP contribution in [0, 0.1) is 11.8 Å². The van der Waals surface area contributed by atoms with Crippen molar-refractivity contribution >= 4 is 23.4 Å². The number of benzene rings is 1. The van der Waals surface area contributed by atoms with E-state index in [1.165, 1.54) is 21.1 Å². The molecular formula is C19H25NO6. The lowest BCUT2D eigenvalue weighted by molar-refractivity contribution is -0.170. The van der Waals surface area contributed by atoms with Crippen LogP contribution in [0.15, 0.2) is 24.3 Å². The summed E-state index contributed by atoms with van der Waals surface area (Å²) in [6, 6.07) is 7.15. The molecule has 0 saturated heterocycles. The Morgan fingerprint density at radius 3 is 2.12 bits per heavy atom. The fourth-order valence-corrected chi connectivity index (χ4v) is 3.66. The molecule has 0 heterocycles. The van der Waals surface area contributed by atoms with Gasteiger partial charge in [-0.15, -0.1) is 0 Å². The highest BCUT2D eigenvalue weighted by atomic mass is 16.5. The normalized spacial score (nSPS) is 28.4. The van der Waals surface area contributed by atoms with Crippen molar-refractivity contribution in [2.45, 2.75) is 24.9 Å². The van der Waals surface area contributed by atoms with Crippen molar-refractivity contribution in [2.24, 2.45) is 11.8 Å². The van der Waals surface area contributed by atoms with Crippen molar-refractivity contribution in [1.82, 2.24) is 0 Å². The van der Waals surface area contributed by atoms with Gasteiger partial charge in [-0.2, -0.15) is 0 Å². The first-order chi connectivity index (χ1) is 12.1. The van der Waals surface area contributed by atoms with Crippen LogP contribution in [0.3, 0.4) is 0 Å². The molecule has 0 aliphatic heterocycles. The van der Waals surface area contributed by atoms with Gasteiger partial charge in [0, 0.05) is 32.1 Å². The monoisotopic (exact) mass is 363 g/mol. The quantitative estimate of drug-likeness (QED) is 0.633. The van der Waals surface area contributed by atoms with Gasteiger partial charge in [0.15, 0.2) is 5.78 Å². The number of rotatable bonds is 4. The lowest BCUT2D eigenvalue weighted by Crippen LogP contribution is -2.55. The highest BCUT2D eigenvalue weighted by Gasteiger charge is 2.56. The average molecular weight is 363 g/mol. The Balaban J connectivity index is 2.61. The molecule has 2 rings (SSSR count). The number of methoxy groups -OCH3 is 2. The molecule has 0 spiro atoms. The largest absolute Gasteiger partial charge is 0.469 e. The molecule has 7 nitrogen and oxygen atoms in total. The van der Waals surface area contributed by atoms with Gasteiger partial charge < -0.3 is 19.5 Å². The molecular weight excluding hydrogens is 338 g/mol. The number of aliphatic hydroxyl groups is 1. The molecule has 1 saturated carbocycles. The van der Waals surface area contributed by atoms with E-state index in [-0.39, 0.29) is 6.42 Å². The van der Waals surface area contributed by atoms with E-state index in [1.807, 2.05) is 31.1 Å². The second kappa shape index (κ2) is 7.45. The molecule has 0 amide bonds. The van der Waals surface area contributed by atoms with Crippen LogP contribution in [0.4, 0.5) is 5.69 Å². The number of ketones is 1. The highest BCUT2D eigenvalue weighted by molar-refractivity contribution is 6.02. The van der Waals surface area contributed by atoms with Crippen LogP contribution in [0.5, 0.6) is 0 Å². The lowest BCUT2D eigenvalue weighted by Gasteiger charge is -2.43. The molecule has 1 aliphatic rings. The highest BCUT2D eigenvalue weighted by Crippen LogP contribution is 2.46. The number of carbonyl (C=O) groups is 3. The van der Waals surface area contributed by atoms with E-state index in [9.17, 15) is 19.5 Å². The van der Waals surface area contributed by atoms with Crippen molar-refractivity contribution in [2.75, 3.05) is 33.2 Å². The van der Waals surface area contributed by atoms with E-state index in [0.717, 1.165) is 5.69 Å². The summed E-state index contributed by atoms with van der Waals surface area (Å²) in [6.45, 7) is 1.42. The topological polar surface area (TPSA) is 93.1 Å². The summed E-state index contributed by atoms with van der Waals surface area (Å²) in [6.07, 6.45) is -0.321. The molecule has 0 unspecified atom stereocenters. The Morgan fingerprint density at radius 2 is 1.65 bits per heavy atom. The van der Waals surface area contributed by atoms with Gasteiger partial charge in [0.2, 0.25) is 0 Å². The Kier molecular flexibility index (Phi) is 5.71. The van der Waals surface area contributed by atoms with Gasteiger partial charge in [-0.25, -0.2) is 0 Å². The molecule has 1 aromatic carbocycles. The smallest absolute Gasteiger partial charge is 0.316 e. The molecule has 1 N–H and O–H groups in total. The van der Waals surface area contributed by atoms with Crippen LogP contribution in [0.2, 0.25) is 0 Å². The minimum atomic E-state index is -1.63. The van der Waals surface area contributed by atoms with Crippen LogP contribution >= 0.6 is 0 Å². The van der Waals surface area contributed by atoms with Crippen LogP contribution < -0.4 is 4.90 Å². The van der Waals surface area contributed by atoms with E-state index >= 15 is 0 Å². The van der Waals surface area contributed by atoms with Crippen LogP contribution in [-0.2, 0) is 23.9 Å². The van der Waals surface area contributed by atoms with Crippen LogP contribution in [0.1, 0.15) is 24.8 Å². The van der Waals surface area contributed by atoms with E-state index in [4.69, 9.17) is 9.47 Å². The molecule has 0 aromatic heterocycles. The van der Waals surface area contributed by atoms with Gasteiger partial charge in [0.05, 0.1) is 25.7 Å². The Bertz CT molecular complexity index is 694. The fraction of sp³-hybridized carbons (Fsp3) is 0.526. The SMILES string of the molecule is COC(=O)[C@H]1C(=O)C[C@@](C)(O)[C@@H](C(=O)OC)[C@H]1c1ccc(N(C)C)cc1. The second-order valence-corrected chi connectivity index (χ2v) is 7.01. The van der Waals surface area contributed by atoms with Crippen molar-refractivity contribution in [3.05, 3.63) is 29.8 Å². The molecule has 0 bridgehead atoms. The van der Waals surface area contributed by atoms with Crippen molar-refractivity contribution < 1.29 is 29.0 Å². The minimum absolute atomic E-state index is 0.321. The number of Topliss-reactive ketones (excluding diaryl/α,β-unsaturated/α-hetero) is 1. The molecule has 1 aliphatic carbocycles. The molecule has 1 aromatic rings. The lowest BCUT2D eigenvalue weighted by atomic mass is 9.62. The number of hydrogen-bond acceptors (Lipinski definition) is 7. The number of ether oxygens (including phenoxy) is 2. The Labute approximate surface area is 152 Å². The predicted octanol–water partition coefficient (Wildman–Crippen LogP) is 1.14. The maximum absolute atomic E-state index is 12.6. The zero-order valence-electron chi connectivity index (χ0n) is 15.7. The van der Waals surface area contributed by atoms with Crippen LogP contribution in [-0.4, -0.2) is 56.7 Å². The second-order valence-electron chi connectivity index (χ2n) is 7.01.